The Kier molecular flexibility index (Phi) is 6.75. The molecule has 146 valence electrons. The highest BCUT2D eigenvalue weighted by Gasteiger charge is 2.34. The molecule has 0 heterocycles. The van der Waals surface area contributed by atoms with Gasteiger partial charge in [0.25, 0.3) is 5.91 Å². The maximum absolute atomic E-state index is 13.5. The third-order valence-electron chi connectivity index (χ3n) is 3.86. The summed E-state index contributed by atoms with van der Waals surface area (Å²) >= 11 is 1.32. The van der Waals surface area contributed by atoms with E-state index in [2.05, 4.69) is 5.32 Å². The molecular formula is C19H19F4NO2S. The summed E-state index contributed by atoms with van der Waals surface area (Å²) in [4.78, 5) is 12.9. The molecule has 0 bridgehead atoms. The number of carbonyl (C=O) groups excluding carboxylic acids is 1. The second-order valence-electron chi connectivity index (χ2n) is 5.84. The molecule has 0 saturated carbocycles. The summed E-state index contributed by atoms with van der Waals surface area (Å²) in [5, 5.41) is 2.37. The van der Waals surface area contributed by atoms with E-state index in [9.17, 15) is 22.4 Å². The number of amides is 1. The first-order chi connectivity index (χ1) is 12.7. The highest BCUT2D eigenvalue weighted by Crippen LogP contribution is 2.38. The van der Waals surface area contributed by atoms with E-state index >= 15 is 0 Å². The second kappa shape index (κ2) is 8.65. The van der Waals surface area contributed by atoms with Gasteiger partial charge >= 0.3 is 6.18 Å². The number of nitrogens with one attached hydrogen (secondary N) is 1. The van der Waals surface area contributed by atoms with E-state index in [4.69, 9.17) is 4.74 Å². The van der Waals surface area contributed by atoms with E-state index in [-0.39, 0.29) is 16.6 Å². The molecule has 1 N–H and O–H groups in total. The Morgan fingerprint density at radius 3 is 2.52 bits per heavy atom. The SMILES string of the molecule is CCC(C)Sc1ccc(NC(=O)c2cc(F)ccc2OC)c(C(F)(F)F)c1. The van der Waals surface area contributed by atoms with Crippen LogP contribution in [0.4, 0.5) is 23.2 Å². The van der Waals surface area contributed by atoms with Crippen molar-refractivity contribution < 1.29 is 27.1 Å². The lowest BCUT2D eigenvalue weighted by molar-refractivity contribution is -0.137. The van der Waals surface area contributed by atoms with E-state index in [1.807, 2.05) is 13.8 Å². The van der Waals surface area contributed by atoms with Gasteiger partial charge in [-0.3, -0.25) is 4.79 Å². The van der Waals surface area contributed by atoms with Gasteiger partial charge in [0.1, 0.15) is 11.6 Å². The van der Waals surface area contributed by atoms with Crippen molar-refractivity contribution in [1.29, 1.82) is 0 Å². The average molecular weight is 401 g/mol. The van der Waals surface area contributed by atoms with Crippen molar-refractivity contribution in [2.45, 2.75) is 36.6 Å². The zero-order valence-corrected chi connectivity index (χ0v) is 15.8. The number of halogens is 4. The molecule has 0 aromatic heterocycles. The molecule has 0 aliphatic rings. The molecule has 2 aromatic carbocycles. The van der Waals surface area contributed by atoms with Crippen molar-refractivity contribution in [3.8, 4) is 5.75 Å². The van der Waals surface area contributed by atoms with Crippen LogP contribution >= 0.6 is 11.8 Å². The first kappa shape index (κ1) is 21.1. The topological polar surface area (TPSA) is 38.3 Å². The summed E-state index contributed by atoms with van der Waals surface area (Å²) in [5.74, 6) is -1.53. The Morgan fingerprint density at radius 1 is 1.22 bits per heavy atom. The van der Waals surface area contributed by atoms with E-state index in [1.54, 1.807) is 0 Å². The van der Waals surface area contributed by atoms with Crippen molar-refractivity contribution in [3.05, 3.63) is 53.3 Å². The summed E-state index contributed by atoms with van der Waals surface area (Å²) in [6.45, 7) is 3.87. The molecule has 1 unspecified atom stereocenters. The molecule has 2 aromatic rings. The molecule has 2 rings (SSSR count). The Hall–Kier alpha value is -2.22. The average Bonchev–Trinajstić information content (AvgIpc) is 2.61. The molecular weight excluding hydrogens is 382 g/mol. The fourth-order valence-corrected chi connectivity index (χ4v) is 3.27. The number of hydrogen-bond acceptors (Lipinski definition) is 3. The van der Waals surface area contributed by atoms with Gasteiger partial charge in [-0.1, -0.05) is 13.8 Å². The number of carbonyl (C=O) groups is 1. The molecule has 0 aliphatic carbocycles. The lowest BCUT2D eigenvalue weighted by Crippen LogP contribution is -2.17. The van der Waals surface area contributed by atoms with Crippen LogP contribution in [0.3, 0.4) is 0 Å². The van der Waals surface area contributed by atoms with Crippen molar-refractivity contribution in [2.75, 3.05) is 12.4 Å². The molecule has 0 radical (unpaired) electrons. The highest BCUT2D eigenvalue weighted by atomic mass is 32.2. The molecule has 3 nitrogen and oxygen atoms in total. The zero-order valence-electron chi connectivity index (χ0n) is 15.0. The minimum atomic E-state index is -4.65. The molecule has 27 heavy (non-hydrogen) atoms. The smallest absolute Gasteiger partial charge is 0.418 e. The van der Waals surface area contributed by atoms with Gasteiger partial charge < -0.3 is 10.1 Å². The number of methoxy groups -OCH3 is 1. The summed E-state index contributed by atoms with van der Waals surface area (Å²) < 4.78 is 58.8. The molecule has 0 spiro atoms. The Morgan fingerprint density at radius 2 is 1.93 bits per heavy atom. The van der Waals surface area contributed by atoms with Crippen LogP contribution in [0.25, 0.3) is 0 Å². The summed E-state index contributed by atoms with van der Waals surface area (Å²) in [6, 6.07) is 6.98. The molecule has 0 aliphatic heterocycles. The van der Waals surface area contributed by atoms with Crippen LogP contribution in [-0.4, -0.2) is 18.3 Å². The maximum atomic E-state index is 13.5. The summed E-state index contributed by atoms with van der Waals surface area (Å²) in [6.07, 6.45) is -3.84. The number of alkyl halides is 3. The minimum Gasteiger partial charge on any atom is -0.496 e. The Bertz CT molecular complexity index is 824. The van der Waals surface area contributed by atoms with Crippen LogP contribution < -0.4 is 10.1 Å². The molecule has 8 heteroatoms. The van der Waals surface area contributed by atoms with Crippen LogP contribution in [0.15, 0.2) is 41.3 Å². The quantitative estimate of drug-likeness (QED) is 0.477. The van der Waals surface area contributed by atoms with Crippen molar-refractivity contribution in [3.63, 3.8) is 0 Å². The van der Waals surface area contributed by atoms with E-state index in [0.29, 0.717) is 4.90 Å². The van der Waals surface area contributed by atoms with Crippen LogP contribution in [0.1, 0.15) is 36.2 Å². The van der Waals surface area contributed by atoms with Gasteiger partial charge in [-0.2, -0.15) is 13.2 Å². The largest absolute Gasteiger partial charge is 0.496 e. The zero-order chi connectivity index (χ0) is 20.2. The van der Waals surface area contributed by atoms with Crippen LogP contribution in [-0.2, 0) is 6.18 Å². The predicted molar refractivity (Wildman–Crippen MR) is 98.0 cm³/mol. The van der Waals surface area contributed by atoms with Crippen LogP contribution in [0.5, 0.6) is 5.75 Å². The first-order valence-electron chi connectivity index (χ1n) is 8.18. The number of ether oxygens (including phenoxy) is 1. The number of benzene rings is 2. The van der Waals surface area contributed by atoms with E-state index in [1.165, 1.54) is 37.1 Å². The van der Waals surface area contributed by atoms with Gasteiger partial charge in [-0.05, 0) is 42.8 Å². The Labute approximate surface area is 159 Å². The highest BCUT2D eigenvalue weighted by molar-refractivity contribution is 7.99. The second-order valence-corrected chi connectivity index (χ2v) is 7.35. The monoisotopic (exact) mass is 401 g/mol. The number of rotatable bonds is 6. The van der Waals surface area contributed by atoms with Gasteiger partial charge in [-0.25, -0.2) is 4.39 Å². The van der Waals surface area contributed by atoms with Crippen molar-refractivity contribution in [2.24, 2.45) is 0 Å². The predicted octanol–water partition coefficient (Wildman–Crippen LogP) is 6.00. The number of thioether (sulfide) groups is 1. The van der Waals surface area contributed by atoms with Gasteiger partial charge in [0.05, 0.1) is 23.9 Å². The van der Waals surface area contributed by atoms with Crippen LogP contribution in [0.2, 0.25) is 0 Å². The molecule has 1 amide bonds. The van der Waals surface area contributed by atoms with Crippen molar-refractivity contribution in [1.82, 2.24) is 0 Å². The van der Waals surface area contributed by atoms with Crippen LogP contribution in [0, 0.1) is 5.82 Å². The third kappa shape index (κ3) is 5.38. The van der Waals surface area contributed by atoms with Gasteiger partial charge in [0.2, 0.25) is 0 Å². The normalized spacial score (nSPS) is 12.6. The summed E-state index contributed by atoms with van der Waals surface area (Å²) in [7, 11) is 1.28. The third-order valence-corrected chi connectivity index (χ3v) is 5.12. The fraction of sp³-hybridized carbons (Fsp3) is 0.316. The number of hydrogen-bond donors (Lipinski definition) is 1. The maximum Gasteiger partial charge on any atom is 0.418 e. The van der Waals surface area contributed by atoms with Gasteiger partial charge in [-0.15, -0.1) is 11.8 Å². The standard InChI is InChI=1S/C19H19F4NO2S/c1-4-11(2)27-13-6-7-16(15(10-13)19(21,22)23)24-18(25)14-9-12(20)5-8-17(14)26-3/h5-11H,4H2,1-3H3,(H,24,25). The Balaban J connectivity index is 2.38. The summed E-state index contributed by atoms with van der Waals surface area (Å²) in [5.41, 5.74) is -1.55. The lowest BCUT2D eigenvalue weighted by Gasteiger charge is -2.17. The molecule has 0 fully saturated rings. The lowest BCUT2D eigenvalue weighted by atomic mass is 10.1. The van der Waals surface area contributed by atoms with E-state index < -0.39 is 29.2 Å². The fourth-order valence-electron chi connectivity index (χ4n) is 2.30. The van der Waals surface area contributed by atoms with Gasteiger partial charge in [0, 0.05) is 10.1 Å². The van der Waals surface area contributed by atoms with Crippen molar-refractivity contribution >= 4 is 23.4 Å². The van der Waals surface area contributed by atoms with Gasteiger partial charge in [0.15, 0.2) is 0 Å². The molecule has 1 atom stereocenters. The van der Waals surface area contributed by atoms with E-state index in [0.717, 1.165) is 24.6 Å². The molecule has 0 saturated heterocycles. The number of anilines is 1. The first-order valence-corrected chi connectivity index (χ1v) is 9.06. The minimum absolute atomic E-state index is 0.0615.